The molecule has 3 aliphatic heterocycles. The standard InChI is InChI=1S/C76H78O11/c1-45(42-78)58-27-20-46-21-28-60-51(36-46)14-7-10-34-76(57-39-52-23-22-47-12-3-5-18-59(47)63(52)41-57)72(86-73(58)81)71(69-66(87-76)31-30-62-64(43-79)68(74(82)85-70(62)69)53(32-35-77)44-83-2)84-67(80)40-54-37-50(25-29-61(54)60)49-15-11-17-56(38-49)75-33-9-8-16-55(75)26-24-48-13-4-6-19-65(48)75/h3-6,11-13,15,17-19,21-23,25,28-31,36,38,50,52-55,57,61,63,71-72,77-79H,8-9,14,16,20,24,26-27,32-35,37,39-44H2,1-2H3/b58-45-/t50-,52-,53+,54-,55+,57+,61+,63+,71+,72-,75-,76-/m0/s1. The Balaban J connectivity index is 0.950. The maximum absolute atomic E-state index is 16.0. The molecule has 12 atom stereocenters. The Hall–Kier alpha value is -7.33. The summed E-state index contributed by atoms with van der Waals surface area (Å²) in [5, 5.41) is 32.8. The lowest BCUT2D eigenvalue weighted by molar-refractivity contribution is -0.202. The van der Waals surface area contributed by atoms with Crippen molar-refractivity contribution in [2.24, 2.45) is 23.7 Å². The zero-order valence-corrected chi connectivity index (χ0v) is 49.9. The minimum absolute atomic E-state index is 0.00233. The zero-order chi connectivity index (χ0) is 59.6. The molecule has 2 fully saturated rings. The Bertz CT molecular complexity index is 3900. The van der Waals surface area contributed by atoms with Crippen LogP contribution in [-0.2, 0) is 55.1 Å². The van der Waals surface area contributed by atoms with Crippen LogP contribution in [0, 0.1) is 35.5 Å². The summed E-state index contributed by atoms with van der Waals surface area (Å²) >= 11 is 0. The minimum Gasteiger partial charge on any atom is -0.481 e. The summed E-state index contributed by atoms with van der Waals surface area (Å²) in [6.07, 6.45) is 16.8. The monoisotopic (exact) mass is 1170 g/mol. The highest BCUT2D eigenvalue weighted by Crippen LogP contribution is 2.60. The summed E-state index contributed by atoms with van der Waals surface area (Å²) in [5.41, 5.74) is 10.3. The molecule has 0 spiro atoms. The second-order valence-corrected chi connectivity index (χ2v) is 26.3. The number of aryl methyl sites for hydroxylation is 2. The smallest absolute Gasteiger partial charge is 0.340 e. The molecule has 14 rings (SSSR count). The molecule has 0 amide bonds. The van der Waals surface area contributed by atoms with E-state index in [1.165, 1.54) is 60.6 Å². The van der Waals surface area contributed by atoms with Crippen LogP contribution in [-0.4, -0.2) is 65.9 Å². The van der Waals surface area contributed by atoms with E-state index < -0.39 is 47.9 Å². The minimum atomic E-state index is -1.45. The first-order valence-electron chi connectivity index (χ1n) is 32.0. The second-order valence-electron chi connectivity index (χ2n) is 26.3. The van der Waals surface area contributed by atoms with Crippen LogP contribution in [0.5, 0.6) is 5.75 Å². The number of fused-ring (bicyclic) bond motifs is 15. The molecular formula is C76H78O11. The fraction of sp³-hybridized carbons (Fsp3) is 0.434. The van der Waals surface area contributed by atoms with E-state index in [9.17, 15) is 20.1 Å². The van der Waals surface area contributed by atoms with E-state index in [1.54, 1.807) is 19.1 Å². The third-order valence-electron chi connectivity index (χ3n) is 21.9. The predicted octanol–water partition coefficient (Wildman–Crippen LogP) is 13.0. The number of hydrogen-bond donors (Lipinski definition) is 3. The van der Waals surface area contributed by atoms with Gasteiger partial charge in [-0.25, -0.2) is 9.59 Å². The number of esters is 2. The van der Waals surface area contributed by atoms with Crippen molar-refractivity contribution in [1.29, 1.82) is 0 Å². The van der Waals surface area contributed by atoms with Gasteiger partial charge in [-0.3, -0.25) is 4.79 Å². The van der Waals surface area contributed by atoms with E-state index in [-0.39, 0.29) is 114 Å². The van der Waals surface area contributed by atoms with Crippen LogP contribution in [0.1, 0.15) is 181 Å². The summed E-state index contributed by atoms with van der Waals surface area (Å²) in [6, 6.07) is 37.0. The number of benzene rings is 5. The molecule has 448 valence electrons. The Morgan fingerprint density at radius 1 is 0.805 bits per heavy atom. The molecule has 11 nitrogen and oxygen atoms in total. The van der Waals surface area contributed by atoms with Gasteiger partial charge in [0.25, 0.3) is 0 Å². The van der Waals surface area contributed by atoms with Gasteiger partial charge in [-0.2, -0.15) is 0 Å². The molecule has 2 saturated carbocycles. The average molecular weight is 1170 g/mol. The average Bonchev–Trinajstić information content (AvgIpc) is 1.64. The van der Waals surface area contributed by atoms with Gasteiger partial charge < -0.3 is 38.7 Å². The number of aliphatic hydroxyl groups excluding tert-OH is 3. The molecule has 6 aromatic rings. The van der Waals surface area contributed by atoms with Crippen molar-refractivity contribution in [1.82, 2.24) is 0 Å². The molecule has 5 bridgehead atoms. The first-order valence-corrected chi connectivity index (χ1v) is 32.0. The maximum atomic E-state index is 16.0. The van der Waals surface area contributed by atoms with E-state index in [0.717, 1.165) is 35.1 Å². The predicted molar refractivity (Wildman–Crippen MR) is 333 cm³/mol. The lowest BCUT2D eigenvalue weighted by atomic mass is 9.54. The van der Waals surface area contributed by atoms with Crippen LogP contribution < -0.4 is 10.4 Å². The number of aliphatic hydroxyl groups is 3. The SMILES string of the molecule is COC[C@@H](CCO)c1c(CO)c2ccc3c(c2oc1=O)[C@H]1OC(=O)C[C@@H]2C[C@@H](c4cccc([C@]56CCCC[C@@H]5CCc5ccccc56)c4)C=C[C@H]2c2ccc4cc2CC#CC[C@@]([C@@H]2C[C@@H]5C=Cc6ccccc6[C@@H]5C2)(O3)[C@H]1OC(=O)/C(=C(/C)CO)CC4. The van der Waals surface area contributed by atoms with E-state index in [2.05, 4.69) is 127 Å². The highest BCUT2D eigenvalue weighted by Gasteiger charge is 2.62. The lowest BCUT2D eigenvalue weighted by Gasteiger charge is -2.49. The van der Waals surface area contributed by atoms with Gasteiger partial charge in [0, 0.05) is 72.2 Å². The summed E-state index contributed by atoms with van der Waals surface area (Å²) in [7, 11) is 1.52. The normalized spacial score (nSPS) is 29.6. The Labute approximate surface area is 509 Å². The van der Waals surface area contributed by atoms with Crippen molar-refractivity contribution in [2.45, 2.75) is 157 Å². The first-order chi connectivity index (χ1) is 42.5. The number of rotatable bonds is 10. The molecule has 5 aliphatic carbocycles. The van der Waals surface area contributed by atoms with Crippen molar-refractivity contribution in [3.05, 3.63) is 210 Å². The molecule has 11 heteroatoms. The third-order valence-corrected chi connectivity index (χ3v) is 21.9. The van der Waals surface area contributed by atoms with Crippen LogP contribution >= 0.6 is 0 Å². The molecular weight excluding hydrogens is 1090 g/mol. The number of carbonyl (C=O) groups excluding carboxylic acids is 2. The van der Waals surface area contributed by atoms with Crippen molar-refractivity contribution in [2.75, 3.05) is 26.9 Å². The van der Waals surface area contributed by atoms with Crippen LogP contribution in [0.3, 0.4) is 0 Å². The summed E-state index contributed by atoms with van der Waals surface area (Å²) in [5.74, 6) is 5.75. The molecule has 8 aliphatic rings. The van der Waals surface area contributed by atoms with E-state index in [0.29, 0.717) is 54.6 Å². The zero-order valence-electron chi connectivity index (χ0n) is 49.9. The topological polar surface area (TPSA) is 162 Å². The Morgan fingerprint density at radius 2 is 1.68 bits per heavy atom. The third kappa shape index (κ3) is 9.94. The van der Waals surface area contributed by atoms with Gasteiger partial charge in [-0.15, -0.1) is 0 Å². The fourth-order valence-corrected chi connectivity index (χ4v) is 17.7. The molecule has 0 unspecified atom stereocenters. The van der Waals surface area contributed by atoms with Gasteiger partial charge in [-0.05, 0) is 168 Å². The highest BCUT2D eigenvalue weighted by molar-refractivity contribution is 5.91. The maximum Gasteiger partial charge on any atom is 0.340 e. The van der Waals surface area contributed by atoms with Crippen LogP contribution in [0.25, 0.3) is 17.0 Å². The molecule has 0 saturated heterocycles. The summed E-state index contributed by atoms with van der Waals surface area (Å²) in [4.78, 5) is 46.4. The second kappa shape index (κ2) is 23.6. The van der Waals surface area contributed by atoms with E-state index in [1.807, 2.05) is 0 Å². The number of carbonyl (C=O) groups is 2. The van der Waals surface area contributed by atoms with Crippen LogP contribution in [0.15, 0.2) is 142 Å². The lowest BCUT2D eigenvalue weighted by Crippen LogP contribution is -2.60. The molecule has 5 aromatic carbocycles. The number of allylic oxidation sites excluding steroid dienone is 3. The van der Waals surface area contributed by atoms with Crippen LogP contribution in [0.4, 0.5) is 0 Å². The quantitative estimate of drug-likeness (QED) is 0.0393. The van der Waals surface area contributed by atoms with Crippen molar-refractivity contribution in [3.8, 4) is 17.6 Å². The van der Waals surface area contributed by atoms with Gasteiger partial charge in [0.15, 0.2) is 17.8 Å². The van der Waals surface area contributed by atoms with Gasteiger partial charge in [0.2, 0.25) is 0 Å². The molecule has 4 heterocycles. The van der Waals surface area contributed by atoms with Gasteiger partial charge >= 0.3 is 17.6 Å². The number of hydrogen-bond acceptors (Lipinski definition) is 11. The number of ether oxygens (including phenoxy) is 4. The Kier molecular flexibility index (Phi) is 15.6. The summed E-state index contributed by atoms with van der Waals surface area (Å²) < 4.78 is 34.0. The first kappa shape index (κ1) is 57.4. The van der Waals surface area contributed by atoms with E-state index >= 15 is 9.59 Å². The Morgan fingerprint density at radius 3 is 2.54 bits per heavy atom. The van der Waals surface area contributed by atoms with Gasteiger partial charge in [0.1, 0.15) is 11.3 Å². The summed E-state index contributed by atoms with van der Waals surface area (Å²) in [6.45, 7) is 0.637. The highest BCUT2D eigenvalue weighted by atomic mass is 16.6. The fourth-order valence-electron chi connectivity index (χ4n) is 17.7. The van der Waals surface area contributed by atoms with Gasteiger partial charge in [0.05, 0.1) is 31.8 Å². The van der Waals surface area contributed by atoms with Crippen molar-refractivity contribution in [3.63, 3.8) is 0 Å². The molecule has 0 radical (unpaired) electrons. The van der Waals surface area contributed by atoms with Crippen LogP contribution in [0.2, 0.25) is 0 Å². The number of methoxy groups -OCH3 is 1. The van der Waals surface area contributed by atoms with E-state index in [4.69, 9.17) is 23.4 Å². The van der Waals surface area contributed by atoms with Gasteiger partial charge in [-0.1, -0.05) is 140 Å². The molecule has 1 aromatic heterocycles. The van der Waals surface area contributed by atoms with Crippen molar-refractivity contribution >= 4 is 29.0 Å². The van der Waals surface area contributed by atoms with Crippen molar-refractivity contribution < 1.29 is 48.3 Å². The largest absolute Gasteiger partial charge is 0.481 e. The molecule has 87 heavy (non-hydrogen) atoms. The molecule has 3 N–H and O–H groups in total.